The van der Waals surface area contributed by atoms with Crippen molar-refractivity contribution in [3.63, 3.8) is 0 Å². The molecule has 0 saturated heterocycles. The van der Waals surface area contributed by atoms with Gasteiger partial charge in [0.1, 0.15) is 12.4 Å². The molecule has 0 atom stereocenters. The van der Waals surface area contributed by atoms with Gasteiger partial charge in [-0.3, -0.25) is 4.79 Å². The SMILES string of the molecule is Cc1cccc(-c2noc(-c3cccn4c(=O)n(CC(=O)Nc5ccc(F)cc5C)nc34)n2)c1. The summed E-state index contributed by atoms with van der Waals surface area (Å²) in [5.74, 6) is -0.255. The molecule has 3 aromatic heterocycles. The van der Waals surface area contributed by atoms with Gasteiger partial charge in [0.05, 0.1) is 5.56 Å². The Morgan fingerprint density at radius 3 is 2.76 bits per heavy atom. The third-order valence-corrected chi connectivity index (χ3v) is 5.30. The van der Waals surface area contributed by atoms with Crippen LogP contribution < -0.4 is 11.0 Å². The summed E-state index contributed by atoms with van der Waals surface area (Å²) in [6.07, 6.45) is 1.55. The smallest absolute Gasteiger partial charge is 0.333 e. The van der Waals surface area contributed by atoms with Gasteiger partial charge in [-0.25, -0.2) is 18.3 Å². The molecule has 0 saturated carbocycles. The number of fused-ring (bicyclic) bond motifs is 1. The van der Waals surface area contributed by atoms with Gasteiger partial charge in [-0.15, -0.1) is 5.10 Å². The molecule has 10 heteroatoms. The lowest BCUT2D eigenvalue weighted by Gasteiger charge is -2.07. The number of carbonyl (C=O) groups excluding carboxylic acids is 1. The highest BCUT2D eigenvalue weighted by Gasteiger charge is 2.19. The lowest BCUT2D eigenvalue weighted by molar-refractivity contribution is -0.117. The zero-order valence-electron chi connectivity index (χ0n) is 18.3. The molecule has 5 rings (SSSR count). The van der Waals surface area contributed by atoms with E-state index in [9.17, 15) is 14.0 Å². The lowest BCUT2D eigenvalue weighted by Crippen LogP contribution is -2.28. The first-order valence-corrected chi connectivity index (χ1v) is 10.4. The Labute approximate surface area is 192 Å². The van der Waals surface area contributed by atoms with E-state index in [1.54, 1.807) is 25.3 Å². The van der Waals surface area contributed by atoms with Gasteiger partial charge in [0.2, 0.25) is 11.7 Å². The van der Waals surface area contributed by atoms with E-state index in [0.29, 0.717) is 22.6 Å². The second-order valence-corrected chi connectivity index (χ2v) is 7.86. The minimum absolute atomic E-state index is 0.200. The van der Waals surface area contributed by atoms with Crippen LogP contribution in [-0.2, 0) is 11.3 Å². The molecule has 3 heterocycles. The number of aryl methyl sites for hydroxylation is 2. The van der Waals surface area contributed by atoms with Crippen molar-refractivity contribution in [2.45, 2.75) is 20.4 Å². The fraction of sp³-hybridized carbons (Fsp3) is 0.125. The molecular formula is C24H19FN6O3. The van der Waals surface area contributed by atoms with Gasteiger partial charge in [0.25, 0.3) is 5.89 Å². The van der Waals surface area contributed by atoms with E-state index in [1.165, 1.54) is 22.6 Å². The fourth-order valence-electron chi connectivity index (χ4n) is 3.64. The maximum atomic E-state index is 13.3. The van der Waals surface area contributed by atoms with Gasteiger partial charge >= 0.3 is 5.69 Å². The summed E-state index contributed by atoms with van der Waals surface area (Å²) in [7, 11) is 0. The summed E-state index contributed by atoms with van der Waals surface area (Å²) in [5.41, 5.74) is 3.12. The Morgan fingerprint density at radius 1 is 1.12 bits per heavy atom. The van der Waals surface area contributed by atoms with Crippen molar-refractivity contribution in [1.29, 1.82) is 0 Å². The summed E-state index contributed by atoms with van der Waals surface area (Å²) in [6.45, 7) is 3.32. The first-order chi connectivity index (χ1) is 16.4. The molecule has 0 radical (unpaired) electrons. The van der Waals surface area contributed by atoms with Crippen LogP contribution in [0.4, 0.5) is 10.1 Å². The second-order valence-electron chi connectivity index (χ2n) is 7.86. The highest BCUT2D eigenvalue weighted by molar-refractivity contribution is 5.91. The molecule has 34 heavy (non-hydrogen) atoms. The van der Waals surface area contributed by atoms with Crippen LogP contribution in [0.5, 0.6) is 0 Å². The van der Waals surface area contributed by atoms with E-state index in [-0.39, 0.29) is 18.1 Å². The van der Waals surface area contributed by atoms with Crippen LogP contribution >= 0.6 is 0 Å². The van der Waals surface area contributed by atoms with Gasteiger partial charge in [0.15, 0.2) is 5.65 Å². The molecule has 0 aliphatic carbocycles. The number of nitrogens with zero attached hydrogens (tertiary/aromatic N) is 5. The van der Waals surface area contributed by atoms with Crippen LogP contribution in [0, 0.1) is 19.7 Å². The van der Waals surface area contributed by atoms with Crippen LogP contribution in [-0.4, -0.2) is 30.2 Å². The molecule has 0 aliphatic rings. The zero-order chi connectivity index (χ0) is 23.8. The summed E-state index contributed by atoms with van der Waals surface area (Å²) < 4.78 is 21.1. The van der Waals surface area contributed by atoms with Crippen molar-refractivity contribution in [1.82, 2.24) is 24.3 Å². The maximum absolute atomic E-state index is 13.3. The Hall–Kier alpha value is -4.60. The quantitative estimate of drug-likeness (QED) is 0.431. The molecule has 2 aromatic carbocycles. The summed E-state index contributed by atoms with van der Waals surface area (Å²) in [5, 5.41) is 11.0. The van der Waals surface area contributed by atoms with Crippen LogP contribution in [0.15, 0.2) is 70.1 Å². The molecule has 0 fully saturated rings. The average Bonchev–Trinajstić information content (AvgIpc) is 3.41. The van der Waals surface area contributed by atoms with Crippen molar-refractivity contribution in [3.05, 3.63) is 88.2 Å². The Morgan fingerprint density at radius 2 is 1.97 bits per heavy atom. The Kier molecular flexibility index (Phi) is 5.25. The van der Waals surface area contributed by atoms with Crippen molar-refractivity contribution in [2.75, 3.05) is 5.32 Å². The van der Waals surface area contributed by atoms with E-state index in [2.05, 4.69) is 20.6 Å². The molecule has 170 valence electrons. The molecule has 1 N–H and O–H groups in total. The van der Waals surface area contributed by atoms with Crippen LogP contribution in [0.25, 0.3) is 28.5 Å². The van der Waals surface area contributed by atoms with Crippen LogP contribution in [0.1, 0.15) is 11.1 Å². The largest absolute Gasteiger partial charge is 0.350 e. The zero-order valence-corrected chi connectivity index (χ0v) is 18.3. The lowest BCUT2D eigenvalue weighted by atomic mass is 10.1. The number of pyridine rings is 1. The number of hydrogen-bond acceptors (Lipinski definition) is 6. The van der Waals surface area contributed by atoms with Crippen LogP contribution in [0.3, 0.4) is 0 Å². The number of amides is 1. The number of aromatic nitrogens is 5. The monoisotopic (exact) mass is 458 g/mol. The Bertz CT molecular complexity index is 1600. The minimum atomic E-state index is -0.499. The fourth-order valence-corrected chi connectivity index (χ4v) is 3.64. The first kappa shape index (κ1) is 21.3. The standard InChI is InChI=1S/C24H19FN6O3/c1-14-5-3-6-16(11-14)21-27-23(34-29-21)18-7-4-10-30-22(18)28-31(24(30)33)13-20(32)26-19-9-8-17(25)12-15(19)2/h3-12H,13H2,1-2H3,(H,26,32). The molecular weight excluding hydrogens is 439 g/mol. The van der Waals surface area contributed by atoms with Crippen molar-refractivity contribution >= 4 is 17.2 Å². The normalized spacial score (nSPS) is 11.1. The average molecular weight is 458 g/mol. The van der Waals surface area contributed by atoms with Crippen LogP contribution in [0.2, 0.25) is 0 Å². The maximum Gasteiger partial charge on any atom is 0.350 e. The topological polar surface area (TPSA) is 107 Å². The number of hydrogen-bond donors (Lipinski definition) is 1. The third kappa shape index (κ3) is 3.96. The van der Waals surface area contributed by atoms with Crippen molar-refractivity contribution < 1.29 is 13.7 Å². The molecule has 1 amide bonds. The van der Waals surface area contributed by atoms with Gasteiger partial charge in [-0.05, 0) is 55.8 Å². The third-order valence-electron chi connectivity index (χ3n) is 5.30. The molecule has 0 unspecified atom stereocenters. The number of halogens is 1. The Balaban J connectivity index is 1.45. The van der Waals surface area contributed by atoms with E-state index in [0.717, 1.165) is 15.8 Å². The van der Waals surface area contributed by atoms with Crippen molar-refractivity contribution in [2.24, 2.45) is 0 Å². The second kappa shape index (κ2) is 8.39. The molecule has 9 nitrogen and oxygen atoms in total. The highest BCUT2D eigenvalue weighted by Crippen LogP contribution is 2.25. The number of rotatable bonds is 5. The van der Waals surface area contributed by atoms with E-state index in [1.807, 2.05) is 31.2 Å². The highest BCUT2D eigenvalue weighted by atomic mass is 19.1. The minimum Gasteiger partial charge on any atom is -0.333 e. The predicted octanol–water partition coefficient (Wildman–Crippen LogP) is 3.61. The van der Waals surface area contributed by atoms with Gasteiger partial charge < -0.3 is 9.84 Å². The summed E-state index contributed by atoms with van der Waals surface area (Å²) in [6, 6.07) is 15.1. The number of benzene rings is 2. The molecule has 0 spiro atoms. The van der Waals surface area contributed by atoms with Gasteiger partial charge in [-0.2, -0.15) is 4.98 Å². The molecule has 0 aliphatic heterocycles. The van der Waals surface area contributed by atoms with Gasteiger partial charge in [0, 0.05) is 17.4 Å². The van der Waals surface area contributed by atoms with E-state index in [4.69, 9.17) is 4.52 Å². The molecule has 0 bridgehead atoms. The predicted molar refractivity (Wildman–Crippen MR) is 123 cm³/mol. The number of carbonyl (C=O) groups is 1. The summed E-state index contributed by atoms with van der Waals surface area (Å²) >= 11 is 0. The van der Waals surface area contributed by atoms with E-state index < -0.39 is 17.4 Å². The van der Waals surface area contributed by atoms with Crippen molar-refractivity contribution in [3.8, 4) is 22.8 Å². The number of anilines is 1. The molecule has 5 aromatic rings. The first-order valence-electron chi connectivity index (χ1n) is 10.4. The van der Waals surface area contributed by atoms with Gasteiger partial charge in [-0.1, -0.05) is 28.9 Å². The van der Waals surface area contributed by atoms with E-state index >= 15 is 0 Å². The number of nitrogens with one attached hydrogen (secondary N) is 1. The summed E-state index contributed by atoms with van der Waals surface area (Å²) in [4.78, 5) is 29.8.